The van der Waals surface area contributed by atoms with Crippen LogP contribution in [0.2, 0.25) is 0 Å². The van der Waals surface area contributed by atoms with E-state index in [-0.39, 0.29) is 11.9 Å². The lowest BCUT2D eigenvalue weighted by Gasteiger charge is -2.36. The molecule has 16 heavy (non-hydrogen) atoms. The van der Waals surface area contributed by atoms with Gasteiger partial charge in [0.2, 0.25) is 5.91 Å². The first-order valence-electron chi connectivity index (χ1n) is 6.54. The Bertz CT molecular complexity index is 228. The molecular formula is C13H26N2O. The zero-order valence-corrected chi connectivity index (χ0v) is 11.0. The van der Waals surface area contributed by atoms with E-state index in [1.807, 2.05) is 6.92 Å². The molecule has 2 N–H and O–H groups in total. The normalized spacial score (nSPS) is 27.8. The third-order valence-electron chi connectivity index (χ3n) is 3.78. The van der Waals surface area contributed by atoms with Crippen molar-refractivity contribution in [2.75, 3.05) is 7.05 Å². The Morgan fingerprint density at radius 1 is 1.19 bits per heavy atom. The van der Waals surface area contributed by atoms with Gasteiger partial charge in [-0.25, -0.2) is 0 Å². The molecule has 0 aliphatic heterocycles. The van der Waals surface area contributed by atoms with Crippen LogP contribution in [0.4, 0.5) is 0 Å². The van der Waals surface area contributed by atoms with Crippen LogP contribution in [0, 0.1) is 11.8 Å². The van der Waals surface area contributed by atoms with Crippen LogP contribution in [0.5, 0.6) is 0 Å². The average molecular weight is 226 g/mol. The van der Waals surface area contributed by atoms with E-state index in [0.29, 0.717) is 12.0 Å². The van der Waals surface area contributed by atoms with Crippen molar-refractivity contribution in [3.63, 3.8) is 0 Å². The highest BCUT2D eigenvalue weighted by Gasteiger charge is 2.29. The summed E-state index contributed by atoms with van der Waals surface area (Å²) in [7, 11) is 1.70. The molecular weight excluding hydrogens is 200 g/mol. The summed E-state index contributed by atoms with van der Waals surface area (Å²) in [5, 5.41) is 6.19. The Morgan fingerprint density at radius 2 is 1.81 bits per heavy atom. The molecule has 0 heterocycles. The predicted molar refractivity (Wildman–Crippen MR) is 67.2 cm³/mol. The number of hydrogen-bond donors (Lipinski definition) is 2. The molecule has 0 bridgehead atoms. The molecule has 1 saturated carbocycles. The third kappa shape index (κ3) is 3.48. The molecule has 0 aromatic heterocycles. The summed E-state index contributed by atoms with van der Waals surface area (Å²) in [6.07, 6.45) is 5.15. The summed E-state index contributed by atoms with van der Waals surface area (Å²) < 4.78 is 0. The lowest BCUT2D eigenvalue weighted by atomic mass is 9.77. The van der Waals surface area contributed by atoms with Gasteiger partial charge in [-0.05, 0) is 31.6 Å². The van der Waals surface area contributed by atoms with Crippen LogP contribution >= 0.6 is 0 Å². The highest BCUT2D eigenvalue weighted by atomic mass is 16.2. The largest absolute Gasteiger partial charge is 0.358 e. The molecule has 94 valence electrons. The smallest absolute Gasteiger partial charge is 0.236 e. The SMILES string of the molecule is CNC(=O)C(C)NC1CCCCC1C(C)C. The summed E-state index contributed by atoms with van der Waals surface area (Å²) >= 11 is 0. The van der Waals surface area contributed by atoms with E-state index < -0.39 is 0 Å². The van der Waals surface area contributed by atoms with Gasteiger partial charge in [0, 0.05) is 13.1 Å². The Labute approximate surface area is 99.4 Å². The second kappa shape index (κ2) is 6.24. The van der Waals surface area contributed by atoms with Crippen molar-refractivity contribution in [2.24, 2.45) is 11.8 Å². The molecule has 1 amide bonds. The molecule has 3 nitrogen and oxygen atoms in total. The molecule has 0 saturated heterocycles. The molecule has 1 fully saturated rings. The maximum Gasteiger partial charge on any atom is 0.236 e. The van der Waals surface area contributed by atoms with Crippen LogP contribution in [0.1, 0.15) is 46.5 Å². The highest BCUT2D eigenvalue weighted by Crippen LogP contribution is 2.30. The molecule has 0 aromatic rings. The van der Waals surface area contributed by atoms with Gasteiger partial charge in [-0.2, -0.15) is 0 Å². The molecule has 0 radical (unpaired) electrons. The van der Waals surface area contributed by atoms with Crippen molar-refractivity contribution < 1.29 is 4.79 Å². The van der Waals surface area contributed by atoms with Crippen LogP contribution in [0.15, 0.2) is 0 Å². The van der Waals surface area contributed by atoms with E-state index in [2.05, 4.69) is 24.5 Å². The first kappa shape index (κ1) is 13.5. The summed E-state index contributed by atoms with van der Waals surface area (Å²) in [4.78, 5) is 11.5. The topological polar surface area (TPSA) is 41.1 Å². The van der Waals surface area contributed by atoms with Crippen LogP contribution in [0.3, 0.4) is 0 Å². The van der Waals surface area contributed by atoms with Crippen LogP contribution in [-0.2, 0) is 4.79 Å². The van der Waals surface area contributed by atoms with Gasteiger partial charge in [-0.1, -0.05) is 26.7 Å². The van der Waals surface area contributed by atoms with Gasteiger partial charge in [0.05, 0.1) is 6.04 Å². The highest BCUT2D eigenvalue weighted by molar-refractivity contribution is 5.80. The number of hydrogen-bond acceptors (Lipinski definition) is 2. The summed E-state index contributed by atoms with van der Waals surface area (Å²) in [6.45, 7) is 6.52. The zero-order valence-electron chi connectivity index (χ0n) is 11.0. The minimum atomic E-state index is -0.0747. The predicted octanol–water partition coefficient (Wildman–Crippen LogP) is 1.93. The van der Waals surface area contributed by atoms with Crippen LogP contribution in [-0.4, -0.2) is 25.0 Å². The fourth-order valence-electron chi connectivity index (χ4n) is 2.78. The number of nitrogens with one attached hydrogen (secondary N) is 2. The van der Waals surface area contributed by atoms with E-state index in [0.717, 1.165) is 5.92 Å². The van der Waals surface area contributed by atoms with Crippen LogP contribution in [0.25, 0.3) is 0 Å². The average Bonchev–Trinajstić information content (AvgIpc) is 2.28. The van der Waals surface area contributed by atoms with Crippen molar-refractivity contribution in [3.8, 4) is 0 Å². The minimum Gasteiger partial charge on any atom is -0.358 e. The summed E-state index contributed by atoms with van der Waals surface area (Å²) in [5.41, 5.74) is 0. The van der Waals surface area contributed by atoms with Gasteiger partial charge in [-0.3, -0.25) is 4.79 Å². The molecule has 1 aliphatic rings. The molecule has 0 spiro atoms. The molecule has 1 rings (SSSR count). The minimum absolute atomic E-state index is 0.0747. The van der Waals surface area contributed by atoms with Gasteiger partial charge < -0.3 is 10.6 Å². The zero-order chi connectivity index (χ0) is 12.1. The van der Waals surface area contributed by atoms with E-state index in [4.69, 9.17) is 0 Å². The first-order chi connectivity index (χ1) is 7.56. The van der Waals surface area contributed by atoms with Crippen molar-refractivity contribution in [1.29, 1.82) is 0 Å². The van der Waals surface area contributed by atoms with Gasteiger partial charge in [0.15, 0.2) is 0 Å². The lowest BCUT2D eigenvalue weighted by Crippen LogP contribution is -2.50. The second-order valence-corrected chi connectivity index (χ2v) is 5.30. The number of carbonyl (C=O) groups is 1. The summed E-state index contributed by atoms with van der Waals surface area (Å²) in [6, 6.07) is 0.440. The van der Waals surface area contributed by atoms with Gasteiger partial charge in [-0.15, -0.1) is 0 Å². The third-order valence-corrected chi connectivity index (χ3v) is 3.78. The molecule has 1 aliphatic carbocycles. The first-order valence-corrected chi connectivity index (χ1v) is 6.54. The fraction of sp³-hybridized carbons (Fsp3) is 0.923. The van der Waals surface area contributed by atoms with Crippen molar-refractivity contribution in [1.82, 2.24) is 10.6 Å². The fourth-order valence-corrected chi connectivity index (χ4v) is 2.78. The van der Waals surface area contributed by atoms with Crippen molar-refractivity contribution in [3.05, 3.63) is 0 Å². The lowest BCUT2D eigenvalue weighted by molar-refractivity contribution is -0.122. The van der Waals surface area contributed by atoms with Gasteiger partial charge >= 0.3 is 0 Å². The monoisotopic (exact) mass is 226 g/mol. The quantitative estimate of drug-likeness (QED) is 0.769. The van der Waals surface area contributed by atoms with Gasteiger partial charge in [0.1, 0.15) is 0 Å². The Balaban J connectivity index is 2.52. The van der Waals surface area contributed by atoms with Gasteiger partial charge in [0.25, 0.3) is 0 Å². The Morgan fingerprint density at radius 3 is 2.38 bits per heavy atom. The number of carbonyl (C=O) groups excluding carboxylic acids is 1. The van der Waals surface area contributed by atoms with E-state index in [1.165, 1.54) is 25.7 Å². The summed E-state index contributed by atoms with van der Waals surface area (Å²) in [5.74, 6) is 1.52. The molecule has 3 heteroatoms. The molecule has 3 unspecified atom stereocenters. The van der Waals surface area contributed by atoms with E-state index in [1.54, 1.807) is 7.05 Å². The number of likely N-dealkylation sites (N-methyl/N-ethyl adjacent to an activating group) is 1. The van der Waals surface area contributed by atoms with Crippen molar-refractivity contribution >= 4 is 5.91 Å². The standard InChI is InChI=1S/C13H26N2O/c1-9(2)11-7-5-6-8-12(11)15-10(3)13(16)14-4/h9-12,15H,5-8H2,1-4H3,(H,14,16). The molecule has 0 aromatic carbocycles. The van der Waals surface area contributed by atoms with Crippen LogP contribution < -0.4 is 10.6 Å². The maximum atomic E-state index is 11.5. The van der Waals surface area contributed by atoms with E-state index in [9.17, 15) is 4.79 Å². The maximum absolute atomic E-state index is 11.5. The van der Waals surface area contributed by atoms with E-state index >= 15 is 0 Å². The number of rotatable bonds is 4. The number of amides is 1. The molecule has 3 atom stereocenters. The Kier molecular flexibility index (Phi) is 5.26. The van der Waals surface area contributed by atoms with Crippen molar-refractivity contribution in [2.45, 2.75) is 58.5 Å². The second-order valence-electron chi connectivity index (χ2n) is 5.30. The Hall–Kier alpha value is -0.570.